The van der Waals surface area contributed by atoms with Gasteiger partial charge in [-0.1, -0.05) is 6.92 Å². The van der Waals surface area contributed by atoms with Gasteiger partial charge in [0.2, 0.25) is 5.91 Å². The number of halogens is 1. The van der Waals surface area contributed by atoms with Crippen LogP contribution in [0, 0.1) is 0 Å². The Labute approximate surface area is 111 Å². The second-order valence-electron chi connectivity index (χ2n) is 3.80. The minimum absolute atomic E-state index is 0.113. The topological polar surface area (TPSA) is 55.4 Å². The minimum Gasteiger partial charge on any atom is -0.496 e. The largest absolute Gasteiger partial charge is 0.496 e. The fourth-order valence-corrected chi connectivity index (χ4v) is 1.56. The molecule has 0 fully saturated rings. The van der Waals surface area contributed by atoms with Crippen LogP contribution in [0.15, 0.2) is 18.2 Å². The van der Waals surface area contributed by atoms with Crippen LogP contribution in [0.5, 0.6) is 5.75 Å². The van der Waals surface area contributed by atoms with Crippen LogP contribution >= 0.6 is 11.6 Å². The summed E-state index contributed by atoms with van der Waals surface area (Å²) in [5, 5.41) is 2.04. The van der Waals surface area contributed by atoms with Crippen LogP contribution in [0.25, 0.3) is 0 Å². The number of amides is 1. The maximum absolute atomic E-state index is 11.9. The number of anilines is 1. The molecule has 0 aliphatic heterocycles. The van der Waals surface area contributed by atoms with E-state index in [1.807, 2.05) is 0 Å². The van der Waals surface area contributed by atoms with Crippen molar-refractivity contribution < 1.29 is 14.3 Å². The maximum atomic E-state index is 11.9. The lowest BCUT2D eigenvalue weighted by Gasteiger charge is -2.11. The molecular formula is C13H16ClNO3. The van der Waals surface area contributed by atoms with Crippen LogP contribution in [-0.2, 0) is 4.79 Å². The first-order chi connectivity index (χ1) is 8.49. The number of Topliss-reactive ketones (excluding diaryl/α,β-unsaturated/α-hetero) is 1. The molecule has 0 saturated carbocycles. The SMILES string of the molecule is CCC(=O)Nc1ccc(OC)c(C(=O)C(C)Cl)c1. The molecule has 1 N–H and O–H groups in total. The molecule has 1 rings (SSSR count). The van der Waals surface area contributed by atoms with Crippen LogP contribution in [-0.4, -0.2) is 24.2 Å². The first-order valence-electron chi connectivity index (χ1n) is 5.65. The van der Waals surface area contributed by atoms with Gasteiger partial charge in [0.15, 0.2) is 5.78 Å². The number of hydrogen-bond donors (Lipinski definition) is 1. The van der Waals surface area contributed by atoms with E-state index < -0.39 is 5.38 Å². The molecule has 1 atom stereocenters. The average molecular weight is 270 g/mol. The third-order valence-electron chi connectivity index (χ3n) is 2.43. The molecular weight excluding hydrogens is 254 g/mol. The van der Waals surface area contributed by atoms with Crippen molar-refractivity contribution in [3.05, 3.63) is 23.8 Å². The van der Waals surface area contributed by atoms with E-state index in [4.69, 9.17) is 16.3 Å². The van der Waals surface area contributed by atoms with Crippen LogP contribution in [0.4, 0.5) is 5.69 Å². The normalized spacial score (nSPS) is 11.8. The Bertz CT molecular complexity index is 458. The van der Waals surface area contributed by atoms with E-state index in [0.717, 1.165) is 0 Å². The molecule has 0 aromatic heterocycles. The molecule has 0 spiro atoms. The van der Waals surface area contributed by atoms with Gasteiger partial charge in [0.1, 0.15) is 5.75 Å². The Morgan fingerprint density at radius 2 is 2.11 bits per heavy atom. The van der Waals surface area contributed by atoms with Crippen LogP contribution in [0.1, 0.15) is 30.6 Å². The summed E-state index contributed by atoms with van der Waals surface area (Å²) in [6.45, 7) is 3.35. The minimum atomic E-state index is -0.643. The van der Waals surface area contributed by atoms with Gasteiger partial charge in [-0.05, 0) is 25.1 Å². The highest BCUT2D eigenvalue weighted by atomic mass is 35.5. The number of methoxy groups -OCH3 is 1. The molecule has 0 radical (unpaired) electrons. The Morgan fingerprint density at radius 3 is 2.61 bits per heavy atom. The van der Waals surface area contributed by atoms with Crippen molar-refractivity contribution in [3.63, 3.8) is 0 Å². The van der Waals surface area contributed by atoms with Crippen molar-refractivity contribution in [2.24, 2.45) is 0 Å². The van der Waals surface area contributed by atoms with Gasteiger partial charge in [0, 0.05) is 12.1 Å². The smallest absolute Gasteiger partial charge is 0.224 e. The molecule has 0 bridgehead atoms. The van der Waals surface area contributed by atoms with Crippen LogP contribution in [0.3, 0.4) is 0 Å². The van der Waals surface area contributed by atoms with E-state index in [1.165, 1.54) is 7.11 Å². The summed E-state index contributed by atoms with van der Waals surface area (Å²) in [6, 6.07) is 4.90. The van der Waals surface area contributed by atoms with E-state index in [-0.39, 0.29) is 11.7 Å². The summed E-state index contributed by atoms with van der Waals surface area (Å²) < 4.78 is 5.11. The molecule has 1 unspecified atom stereocenters. The van der Waals surface area contributed by atoms with Gasteiger partial charge < -0.3 is 10.1 Å². The van der Waals surface area contributed by atoms with E-state index in [0.29, 0.717) is 23.4 Å². The molecule has 4 nitrogen and oxygen atoms in total. The number of alkyl halides is 1. The lowest BCUT2D eigenvalue weighted by Crippen LogP contribution is -2.14. The highest BCUT2D eigenvalue weighted by Gasteiger charge is 2.18. The lowest BCUT2D eigenvalue weighted by molar-refractivity contribution is -0.115. The van der Waals surface area contributed by atoms with Gasteiger partial charge >= 0.3 is 0 Å². The van der Waals surface area contributed by atoms with E-state index >= 15 is 0 Å². The quantitative estimate of drug-likeness (QED) is 0.661. The number of ketones is 1. The maximum Gasteiger partial charge on any atom is 0.224 e. The van der Waals surface area contributed by atoms with E-state index in [9.17, 15) is 9.59 Å². The fourth-order valence-electron chi connectivity index (χ4n) is 1.44. The summed E-state index contributed by atoms with van der Waals surface area (Å²) in [4.78, 5) is 23.2. The Kier molecular flexibility index (Phi) is 5.16. The first kappa shape index (κ1) is 14.5. The van der Waals surface area contributed by atoms with Crippen molar-refractivity contribution in [2.75, 3.05) is 12.4 Å². The van der Waals surface area contributed by atoms with Gasteiger partial charge in [-0.25, -0.2) is 0 Å². The monoisotopic (exact) mass is 269 g/mol. The predicted molar refractivity (Wildman–Crippen MR) is 71.6 cm³/mol. The summed E-state index contributed by atoms with van der Waals surface area (Å²) in [6.07, 6.45) is 0.376. The standard InChI is InChI=1S/C13H16ClNO3/c1-4-12(16)15-9-5-6-11(18-3)10(7-9)13(17)8(2)14/h5-8H,4H2,1-3H3,(H,15,16). The summed E-state index contributed by atoms with van der Waals surface area (Å²) >= 11 is 5.78. The van der Waals surface area contributed by atoms with Gasteiger partial charge in [-0.15, -0.1) is 11.6 Å². The van der Waals surface area contributed by atoms with Gasteiger partial charge in [-0.2, -0.15) is 0 Å². The molecule has 98 valence electrons. The van der Waals surface area contributed by atoms with E-state index in [1.54, 1.807) is 32.0 Å². The second kappa shape index (κ2) is 6.40. The number of carbonyl (C=O) groups is 2. The van der Waals surface area contributed by atoms with Crippen molar-refractivity contribution in [3.8, 4) is 5.75 Å². The zero-order valence-electron chi connectivity index (χ0n) is 10.6. The van der Waals surface area contributed by atoms with E-state index in [2.05, 4.69) is 5.32 Å². The number of hydrogen-bond acceptors (Lipinski definition) is 3. The third-order valence-corrected chi connectivity index (χ3v) is 2.63. The lowest BCUT2D eigenvalue weighted by atomic mass is 10.1. The number of benzene rings is 1. The molecule has 0 aliphatic rings. The molecule has 0 saturated heterocycles. The summed E-state index contributed by atoms with van der Waals surface area (Å²) in [7, 11) is 1.48. The number of nitrogens with one attached hydrogen (secondary N) is 1. The molecule has 1 amide bonds. The first-order valence-corrected chi connectivity index (χ1v) is 6.09. The molecule has 1 aromatic carbocycles. The van der Waals surface area contributed by atoms with Crippen molar-refractivity contribution >= 4 is 29.0 Å². The highest BCUT2D eigenvalue weighted by Crippen LogP contribution is 2.25. The van der Waals surface area contributed by atoms with Gasteiger partial charge in [-0.3, -0.25) is 9.59 Å². The molecule has 1 aromatic rings. The number of rotatable bonds is 5. The fraction of sp³-hybridized carbons (Fsp3) is 0.385. The number of ether oxygens (including phenoxy) is 1. The number of carbonyl (C=O) groups excluding carboxylic acids is 2. The molecule has 0 heterocycles. The average Bonchev–Trinajstić information content (AvgIpc) is 2.37. The van der Waals surface area contributed by atoms with Gasteiger partial charge in [0.05, 0.1) is 18.1 Å². The van der Waals surface area contributed by atoms with Crippen molar-refractivity contribution in [1.29, 1.82) is 0 Å². The summed E-state index contributed by atoms with van der Waals surface area (Å²) in [5.74, 6) is 0.0978. The third kappa shape index (κ3) is 3.47. The predicted octanol–water partition coefficient (Wildman–Crippen LogP) is 2.85. The molecule has 18 heavy (non-hydrogen) atoms. The van der Waals surface area contributed by atoms with Crippen LogP contribution < -0.4 is 10.1 Å². The zero-order valence-corrected chi connectivity index (χ0v) is 11.4. The zero-order chi connectivity index (χ0) is 13.7. The Balaban J connectivity index is 3.09. The van der Waals surface area contributed by atoms with Crippen molar-refractivity contribution in [2.45, 2.75) is 25.6 Å². The second-order valence-corrected chi connectivity index (χ2v) is 4.45. The van der Waals surface area contributed by atoms with Gasteiger partial charge in [0.25, 0.3) is 0 Å². The Hall–Kier alpha value is -1.55. The molecule has 0 aliphatic carbocycles. The van der Waals surface area contributed by atoms with Crippen LogP contribution in [0.2, 0.25) is 0 Å². The summed E-state index contributed by atoms with van der Waals surface area (Å²) in [5.41, 5.74) is 0.928. The highest BCUT2D eigenvalue weighted by molar-refractivity contribution is 6.34. The molecule has 5 heteroatoms. The van der Waals surface area contributed by atoms with Crippen molar-refractivity contribution in [1.82, 2.24) is 0 Å². The Morgan fingerprint density at radius 1 is 1.44 bits per heavy atom.